The van der Waals surface area contributed by atoms with Crippen LogP contribution in [0.3, 0.4) is 0 Å². The Bertz CT molecular complexity index is 1430. The zero-order valence-corrected chi connectivity index (χ0v) is 18.9. The maximum absolute atomic E-state index is 12.7. The number of rotatable bonds is 7. The number of aromatic nitrogens is 5. The number of pyridine rings is 2. The third-order valence-corrected chi connectivity index (χ3v) is 5.70. The highest BCUT2D eigenvalue weighted by molar-refractivity contribution is 5.85. The average Bonchev–Trinajstić information content (AvgIpc) is 3.34. The van der Waals surface area contributed by atoms with Crippen molar-refractivity contribution in [3.8, 4) is 39.4 Å². The van der Waals surface area contributed by atoms with Gasteiger partial charge in [-0.15, -0.1) is 5.10 Å². The topological polar surface area (TPSA) is 109 Å². The lowest BCUT2D eigenvalue weighted by molar-refractivity contribution is -0.120. The molecular weight excluding hydrogens is 440 g/mol. The lowest BCUT2D eigenvalue weighted by Gasteiger charge is -2.17. The molecule has 8 nitrogen and oxygen atoms in total. The Morgan fingerprint density at radius 2 is 1.57 bits per heavy atom. The van der Waals surface area contributed by atoms with Gasteiger partial charge in [-0.1, -0.05) is 41.6 Å². The first-order valence-electron chi connectivity index (χ1n) is 11.0. The summed E-state index contributed by atoms with van der Waals surface area (Å²) in [6.45, 7) is 0. The quantitative estimate of drug-likeness (QED) is 0.389. The first-order chi connectivity index (χ1) is 17.2. The Balaban J connectivity index is 1.63. The van der Waals surface area contributed by atoms with Gasteiger partial charge in [-0.25, -0.2) is 4.68 Å². The van der Waals surface area contributed by atoms with Crippen LogP contribution in [0.1, 0.15) is 11.7 Å². The Morgan fingerprint density at radius 1 is 0.857 bits per heavy atom. The van der Waals surface area contributed by atoms with E-state index in [0.717, 1.165) is 22.3 Å². The summed E-state index contributed by atoms with van der Waals surface area (Å²) in [7, 11) is 1.61. The fourth-order valence-corrected chi connectivity index (χ4v) is 3.96. The fourth-order valence-electron chi connectivity index (χ4n) is 3.96. The van der Waals surface area contributed by atoms with E-state index >= 15 is 0 Å². The van der Waals surface area contributed by atoms with Crippen LogP contribution < -0.4 is 10.5 Å². The van der Waals surface area contributed by atoms with Gasteiger partial charge in [-0.3, -0.25) is 14.8 Å². The fraction of sp³-hybridized carbons (Fsp3) is 0.0741. The highest BCUT2D eigenvalue weighted by Crippen LogP contribution is 2.34. The number of methoxy groups -OCH3 is 1. The molecule has 5 aromatic rings. The van der Waals surface area contributed by atoms with Gasteiger partial charge in [0.2, 0.25) is 5.91 Å². The number of carbonyl (C=O) groups is 1. The van der Waals surface area contributed by atoms with E-state index in [2.05, 4.69) is 20.3 Å². The molecule has 0 saturated carbocycles. The molecule has 0 radical (unpaired) electrons. The molecule has 0 aliphatic heterocycles. The molecule has 8 heteroatoms. The molecule has 5 rings (SSSR count). The highest BCUT2D eigenvalue weighted by atomic mass is 16.5. The number of hydrogen-bond donors (Lipinski definition) is 1. The molecule has 3 aromatic heterocycles. The van der Waals surface area contributed by atoms with E-state index in [9.17, 15) is 4.79 Å². The Kier molecular flexibility index (Phi) is 6.00. The molecule has 1 amide bonds. The zero-order valence-electron chi connectivity index (χ0n) is 18.9. The summed E-state index contributed by atoms with van der Waals surface area (Å²) in [5.74, 6) is 0.119. The minimum Gasteiger partial charge on any atom is -0.497 e. The Labute approximate surface area is 202 Å². The first kappa shape index (κ1) is 22.0. The van der Waals surface area contributed by atoms with Crippen molar-refractivity contribution < 1.29 is 9.53 Å². The monoisotopic (exact) mass is 462 g/mol. The number of hydrogen-bond acceptors (Lipinski definition) is 6. The van der Waals surface area contributed by atoms with Crippen molar-refractivity contribution in [3.63, 3.8) is 0 Å². The average molecular weight is 463 g/mol. The maximum Gasteiger partial charge on any atom is 0.248 e. The molecule has 2 aromatic carbocycles. The normalized spacial score (nSPS) is 11.7. The molecule has 0 saturated heterocycles. The van der Waals surface area contributed by atoms with E-state index in [1.165, 1.54) is 4.68 Å². The van der Waals surface area contributed by atoms with Gasteiger partial charge in [0.25, 0.3) is 0 Å². The highest BCUT2D eigenvalue weighted by Gasteiger charge is 2.28. The Hall–Kier alpha value is -4.85. The van der Waals surface area contributed by atoms with Gasteiger partial charge in [0, 0.05) is 35.3 Å². The standard InChI is InChI=1S/C27H22N6O2/c1-35-22-10-7-20(8-11-22)25-24(19-13-15-29-16-14-19)31-32-33(25)26(27(28)34)23-12-9-21(17-30-23)18-5-3-2-4-6-18/h2-17,26H,1H3,(H2,28,34). The van der Waals surface area contributed by atoms with Gasteiger partial charge in [0.1, 0.15) is 11.4 Å². The second-order valence-electron chi connectivity index (χ2n) is 7.84. The summed E-state index contributed by atoms with van der Waals surface area (Å²) in [5.41, 5.74) is 11.2. The SMILES string of the molecule is COc1ccc(-c2c(-c3ccncc3)nnn2C(C(N)=O)c2ccc(-c3ccccc3)cn2)cc1. The number of amides is 1. The number of nitrogens with two attached hydrogens (primary N) is 1. The van der Waals surface area contributed by atoms with E-state index < -0.39 is 11.9 Å². The van der Waals surface area contributed by atoms with Crippen molar-refractivity contribution in [3.05, 3.63) is 103 Å². The Morgan fingerprint density at radius 3 is 2.20 bits per heavy atom. The van der Waals surface area contributed by atoms with Crippen molar-refractivity contribution >= 4 is 5.91 Å². The summed E-state index contributed by atoms with van der Waals surface area (Å²) < 4.78 is 6.84. The molecule has 2 N–H and O–H groups in total. The van der Waals surface area contributed by atoms with Crippen LogP contribution in [0.25, 0.3) is 33.6 Å². The third-order valence-electron chi connectivity index (χ3n) is 5.70. The molecule has 0 aliphatic rings. The van der Waals surface area contributed by atoms with Crippen LogP contribution in [0.2, 0.25) is 0 Å². The number of ether oxygens (including phenoxy) is 1. The molecule has 3 heterocycles. The van der Waals surface area contributed by atoms with E-state index in [0.29, 0.717) is 22.8 Å². The van der Waals surface area contributed by atoms with Crippen molar-refractivity contribution in [2.24, 2.45) is 5.73 Å². The van der Waals surface area contributed by atoms with Crippen LogP contribution in [-0.4, -0.2) is 38.0 Å². The summed E-state index contributed by atoms with van der Waals surface area (Å²) in [4.78, 5) is 21.4. The predicted molar refractivity (Wildman–Crippen MR) is 132 cm³/mol. The van der Waals surface area contributed by atoms with Gasteiger partial charge < -0.3 is 10.5 Å². The maximum atomic E-state index is 12.7. The van der Waals surface area contributed by atoms with Gasteiger partial charge in [-0.05, 0) is 48.0 Å². The molecule has 35 heavy (non-hydrogen) atoms. The second kappa shape index (κ2) is 9.56. The smallest absolute Gasteiger partial charge is 0.248 e. The summed E-state index contributed by atoms with van der Waals surface area (Å²) in [6, 6.07) is 23.8. The molecule has 0 spiro atoms. The molecule has 0 aliphatic carbocycles. The second-order valence-corrected chi connectivity index (χ2v) is 7.84. The number of primary amides is 1. The molecular formula is C27H22N6O2. The van der Waals surface area contributed by atoms with Crippen molar-refractivity contribution in [1.29, 1.82) is 0 Å². The molecule has 0 bridgehead atoms. The van der Waals surface area contributed by atoms with E-state index in [1.54, 1.807) is 31.8 Å². The zero-order chi connectivity index (χ0) is 24.2. The van der Waals surface area contributed by atoms with Gasteiger partial charge >= 0.3 is 0 Å². The number of nitrogens with zero attached hydrogens (tertiary/aromatic N) is 5. The van der Waals surface area contributed by atoms with Crippen molar-refractivity contribution in [1.82, 2.24) is 25.0 Å². The van der Waals surface area contributed by atoms with Crippen LogP contribution >= 0.6 is 0 Å². The summed E-state index contributed by atoms with van der Waals surface area (Å²) in [5, 5.41) is 8.78. The van der Waals surface area contributed by atoms with Gasteiger partial charge in [0.15, 0.2) is 6.04 Å². The lowest BCUT2D eigenvalue weighted by Crippen LogP contribution is -2.29. The van der Waals surface area contributed by atoms with Crippen molar-refractivity contribution in [2.45, 2.75) is 6.04 Å². The molecule has 172 valence electrons. The minimum atomic E-state index is -0.958. The molecule has 0 fully saturated rings. The summed E-state index contributed by atoms with van der Waals surface area (Å²) in [6.07, 6.45) is 5.09. The van der Waals surface area contributed by atoms with Gasteiger partial charge in [0.05, 0.1) is 18.5 Å². The summed E-state index contributed by atoms with van der Waals surface area (Å²) >= 11 is 0. The lowest BCUT2D eigenvalue weighted by atomic mass is 10.0. The third kappa shape index (κ3) is 4.37. The molecule has 1 unspecified atom stereocenters. The number of benzene rings is 2. The van der Waals surface area contributed by atoms with Crippen LogP contribution in [-0.2, 0) is 4.79 Å². The van der Waals surface area contributed by atoms with E-state index in [-0.39, 0.29) is 0 Å². The van der Waals surface area contributed by atoms with Crippen LogP contribution in [0.15, 0.2) is 97.5 Å². The van der Waals surface area contributed by atoms with E-state index in [1.807, 2.05) is 72.8 Å². The molecule has 1 atom stereocenters. The predicted octanol–water partition coefficient (Wildman–Crippen LogP) is 4.15. The number of carbonyl (C=O) groups excluding carboxylic acids is 1. The largest absolute Gasteiger partial charge is 0.497 e. The van der Waals surface area contributed by atoms with Crippen molar-refractivity contribution in [2.75, 3.05) is 7.11 Å². The van der Waals surface area contributed by atoms with Crippen LogP contribution in [0.5, 0.6) is 5.75 Å². The first-order valence-corrected chi connectivity index (χ1v) is 11.0. The van der Waals surface area contributed by atoms with Crippen LogP contribution in [0.4, 0.5) is 0 Å². The van der Waals surface area contributed by atoms with Crippen LogP contribution in [0, 0.1) is 0 Å². The minimum absolute atomic E-state index is 0.470. The van der Waals surface area contributed by atoms with E-state index in [4.69, 9.17) is 10.5 Å². The van der Waals surface area contributed by atoms with Gasteiger partial charge in [-0.2, -0.15) is 0 Å².